The fourth-order valence-corrected chi connectivity index (χ4v) is 14.7. The summed E-state index contributed by atoms with van der Waals surface area (Å²) in [6.07, 6.45) is -1.13. The van der Waals surface area contributed by atoms with Crippen molar-refractivity contribution in [3.63, 3.8) is 0 Å². The van der Waals surface area contributed by atoms with E-state index in [-0.39, 0.29) is 62.0 Å². The summed E-state index contributed by atoms with van der Waals surface area (Å²) in [5, 5.41) is 70.2. The lowest BCUT2D eigenvalue weighted by Gasteiger charge is -2.25. The normalized spacial score (nSPS) is 12.8. The summed E-state index contributed by atoms with van der Waals surface area (Å²) in [7, 11) is 0. The van der Waals surface area contributed by atoms with Crippen molar-refractivity contribution in [1.82, 2.24) is 36.5 Å². The minimum Gasteiger partial charge on any atom is -0.394 e. The number of ketones is 4. The first-order chi connectivity index (χ1) is 61.3. The van der Waals surface area contributed by atoms with E-state index >= 15 is 0 Å². The highest BCUT2D eigenvalue weighted by atomic mass is 32.1. The molecule has 0 saturated carbocycles. The SMILES string of the molecule is CCC(=O)[C@@H](NC(=O)c1ccc(C#CC#Cc2ccc(-c3ccccn3)s2)cc1)[C@H](C)O.CCC(=O)[C@@H](NC(=O)c1ccc(C#CC#Cc2ccc(CN3CCOCC3)s2)cc1)[C@H](C)O.CCC(=O)[C@@H](NC(=O)c1ccc(C#CC#Cc2ccc(CNCCOCCO)s2)cc1)[C@H](C)O.CCC(=O)[C@@H](NC(=O)c1ccc(C#CC#Cc2ccc(CO)s2)cc1)[C@H](C)O. The number of hydrogen-bond acceptors (Lipinski definition) is 23. The van der Waals surface area contributed by atoms with E-state index in [0.29, 0.717) is 58.7 Å². The predicted molar refractivity (Wildman–Crippen MR) is 496 cm³/mol. The Morgan fingerprint density at radius 1 is 0.409 bits per heavy atom. The molecule has 127 heavy (non-hydrogen) atoms. The van der Waals surface area contributed by atoms with E-state index in [2.05, 4.69) is 137 Å². The largest absolute Gasteiger partial charge is 0.394 e. The summed E-state index contributed by atoms with van der Waals surface area (Å²) < 4.78 is 10.6. The molecule has 0 spiro atoms. The van der Waals surface area contributed by atoms with Crippen molar-refractivity contribution >= 4 is 92.1 Å². The smallest absolute Gasteiger partial charge is 0.251 e. The highest BCUT2D eigenvalue weighted by molar-refractivity contribution is 7.16. The Morgan fingerprint density at radius 2 is 0.740 bits per heavy atom. The summed E-state index contributed by atoms with van der Waals surface area (Å²) in [4.78, 5) is 112. The second kappa shape index (κ2) is 55.7. The molecule has 656 valence electrons. The van der Waals surface area contributed by atoms with Crippen molar-refractivity contribution in [3.05, 3.63) is 249 Å². The van der Waals surface area contributed by atoms with Crippen LogP contribution in [0.2, 0.25) is 0 Å². The number of nitrogens with one attached hydrogen (secondary N) is 5. The Hall–Kier alpha value is -12.5. The average Bonchev–Trinajstić information content (AvgIpc) is 1.84. The number of Topliss-reactive ketones (excluding diaryl/α,β-unsaturated/α-hetero) is 4. The van der Waals surface area contributed by atoms with Gasteiger partial charge in [-0.1, -0.05) is 57.4 Å². The molecule has 4 aromatic carbocycles. The summed E-state index contributed by atoms with van der Waals surface area (Å²) in [5.74, 6) is 43.8. The molecule has 5 aromatic heterocycles. The maximum absolute atomic E-state index is 12.4. The topological polar surface area (TPSA) is 353 Å². The number of carbonyl (C=O) groups excluding carboxylic acids is 8. The van der Waals surface area contributed by atoms with E-state index in [4.69, 9.17) is 19.7 Å². The van der Waals surface area contributed by atoms with Gasteiger partial charge in [0.25, 0.3) is 23.6 Å². The number of amides is 4. The number of thiophene rings is 4. The molecule has 8 atom stereocenters. The van der Waals surface area contributed by atoms with Gasteiger partial charge in [-0.2, -0.15) is 0 Å². The summed E-state index contributed by atoms with van der Waals surface area (Å²) in [5.41, 5.74) is 5.31. The van der Waals surface area contributed by atoms with Crippen LogP contribution in [0.3, 0.4) is 0 Å². The number of aliphatic hydroxyl groups is 6. The van der Waals surface area contributed by atoms with E-state index in [9.17, 15) is 58.8 Å². The number of benzene rings is 4. The number of nitrogens with zero attached hydrogens (tertiary/aromatic N) is 2. The Bertz CT molecular complexity index is 5690. The lowest BCUT2D eigenvalue weighted by molar-refractivity contribution is -0.123. The Kier molecular flexibility index (Phi) is 44.6. The third-order valence-corrected chi connectivity index (χ3v) is 22.4. The molecule has 9 aromatic rings. The zero-order chi connectivity index (χ0) is 91.8. The Morgan fingerprint density at radius 3 is 1.07 bits per heavy atom. The maximum atomic E-state index is 12.4. The van der Waals surface area contributed by atoms with Crippen LogP contribution in [0.4, 0.5) is 0 Å². The van der Waals surface area contributed by atoms with Crippen LogP contribution in [-0.4, -0.2) is 189 Å². The van der Waals surface area contributed by atoms with Crippen LogP contribution >= 0.6 is 45.3 Å². The molecule has 1 fully saturated rings. The zero-order valence-electron chi connectivity index (χ0n) is 71.7. The summed E-state index contributed by atoms with van der Waals surface area (Å²) >= 11 is 6.24. The van der Waals surface area contributed by atoms with E-state index in [1.54, 1.807) is 165 Å². The van der Waals surface area contributed by atoms with Crippen molar-refractivity contribution in [2.75, 3.05) is 52.7 Å². The monoisotopic (exact) mass is 1780 g/mol. The molecule has 4 amide bonds. The van der Waals surface area contributed by atoms with Gasteiger partial charge in [0, 0.05) is 124 Å². The first kappa shape index (κ1) is 102. The van der Waals surface area contributed by atoms with Gasteiger partial charge in [-0.05, 0) is 256 Å². The molecule has 0 radical (unpaired) electrons. The second-order valence-electron chi connectivity index (χ2n) is 28.1. The van der Waals surface area contributed by atoms with Crippen molar-refractivity contribution < 1.29 is 78.5 Å². The van der Waals surface area contributed by atoms with Crippen molar-refractivity contribution in [2.45, 2.75) is 149 Å². The molecule has 11 N–H and O–H groups in total. The summed E-state index contributed by atoms with van der Waals surface area (Å²) in [6, 6.07) is 44.5. The molecule has 0 aliphatic carbocycles. The number of morpholine rings is 1. The van der Waals surface area contributed by atoms with Crippen LogP contribution in [0.25, 0.3) is 10.6 Å². The average molecular weight is 1790 g/mol. The Labute approximate surface area is 758 Å². The van der Waals surface area contributed by atoms with E-state index in [0.717, 1.165) is 84.8 Å². The third kappa shape index (κ3) is 36.2. The molecule has 27 heteroatoms. The fourth-order valence-electron chi connectivity index (χ4n) is 11.4. The van der Waals surface area contributed by atoms with Crippen LogP contribution in [0, 0.1) is 94.7 Å². The van der Waals surface area contributed by atoms with Gasteiger partial charge >= 0.3 is 0 Å². The molecule has 6 heterocycles. The number of aromatic nitrogens is 1. The third-order valence-electron chi connectivity index (χ3n) is 18.4. The molecule has 1 saturated heterocycles. The quantitative estimate of drug-likeness (QED) is 0.0142. The van der Waals surface area contributed by atoms with E-state index in [1.165, 1.54) is 43.9 Å². The molecule has 1 aliphatic heterocycles. The van der Waals surface area contributed by atoms with Gasteiger partial charge in [0.05, 0.1) is 94.1 Å². The minimum absolute atomic E-state index is 0.00250. The first-order valence-corrected chi connectivity index (χ1v) is 44.2. The van der Waals surface area contributed by atoms with Crippen molar-refractivity contribution in [1.29, 1.82) is 0 Å². The summed E-state index contributed by atoms with van der Waals surface area (Å²) in [6.45, 7) is 19.5. The van der Waals surface area contributed by atoms with Gasteiger partial charge in [-0.15, -0.1) is 45.3 Å². The number of carbonyl (C=O) groups is 8. The van der Waals surface area contributed by atoms with Crippen molar-refractivity contribution in [2.24, 2.45) is 0 Å². The molecular formula is C100H101N7O16S4. The van der Waals surface area contributed by atoms with Crippen LogP contribution < -0.4 is 26.6 Å². The van der Waals surface area contributed by atoms with Gasteiger partial charge in [0.2, 0.25) is 0 Å². The van der Waals surface area contributed by atoms with Gasteiger partial charge in [0.1, 0.15) is 24.2 Å². The molecule has 0 bridgehead atoms. The molecule has 10 rings (SSSR count). The standard InChI is InChI=1S/C26H30N2O5S.C26H28N2O4S.C26H22N2O3S.C22H21NO4S/c1-3-24(31)25(19(2)30)28-26(32)21-10-8-20(9-11-21)6-4-5-7-22-12-13-23(34-22)18-27-14-16-33-17-15-29;1-3-24(30)25(19(2)29)27-26(31)21-10-8-20(9-11-21)6-4-5-7-22-12-13-23(33-22)18-28-14-16-32-17-15-28;1-3-23(30)25(18(2)29)28-26(31)20-13-11-19(12-14-20)8-4-5-9-21-15-16-24(32-21)22-10-6-7-17-27-22;1-3-20(26)21(15(2)25)23-22(27)17-10-8-16(9-11-17)6-4-5-7-18-12-13-19(14-24)28-18/h8-13,19,25,27,29-30H,3,14-18H2,1-2H3,(H,28,32);8-13,19,25,29H,3,14-18H2,1-2H3,(H,27,31);6-7,10-18,25,29H,3H2,1-2H3,(H,28,31);8-13,15,21,24-25H,3,14H2,1-2H3,(H,23,27)/t2*19-,25-;18-,25-;15-,21-/m0000/s1. The predicted octanol–water partition coefficient (Wildman–Crippen LogP) is 9.92. The zero-order valence-corrected chi connectivity index (χ0v) is 75.0. The number of hydrogen-bond donors (Lipinski definition) is 11. The van der Waals surface area contributed by atoms with E-state index in [1.807, 2.05) is 60.7 Å². The molecular weight excluding hydrogens is 1680 g/mol. The lowest BCUT2D eigenvalue weighted by atomic mass is 10.0. The second-order valence-corrected chi connectivity index (χ2v) is 32.7. The van der Waals surface area contributed by atoms with Gasteiger partial charge < -0.3 is 66.7 Å². The van der Waals surface area contributed by atoms with Crippen LogP contribution in [-0.2, 0) is 48.3 Å². The number of ether oxygens (including phenoxy) is 2. The highest BCUT2D eigenvalue weighted by Gasteiger charge is 2.28. The lowest BCUT2D eigenvalue weighted by Crippen LogP contribution is -2.47. The van der Waals surface area contributed by atoms with Gasteiger partial charge in [-0.3, -0.25) is 48.2 Å². The molecule has 1 aliphatic rings. The molecule has 0 unspecified atom stereocenters. The number of aliphatic hydroxyl groups excluding tert-OH is 6. The van der Waals surface area contributed by atoms with Gasteiger partial charge in [0.15, 0.2) is 23.1 Å². The fraction of sp³-hybridized carbons (Fsp3) is 0.310. The van der Waals surface area contributed by atoms with Gasteiger partial charge in [-0.25, -0.2) is 0 Å². The van der Waals surface area contributed by atoms with Crippen molar-refractivity contribution in [3.8, 4) is 105 Å². The number of pyridine rings is 1. The van der Waals surface area contributed by atoms with Crippen LogP contribution in [0.15, 0.2) is 170 Å². The first-order valence-electron chi connectivity index (χ1n) is 40.9. The van der Waals surface area contributed by atoms with Crippen LogP contribution in [0.1, 0.15) is 179 Å². The van der Waals surface area contributed by atoms with Crippen LogP contribution in [0.5, 0.6) is 0 Å². The number of rotatable bonds is 31. The molecule has 23 nitrogen and oxygen atoms in total. The minimum atomic E-state index is -0.965. The Balaban J connectivity index is 0.000000233. The maximum Gasteiger partial charge on any atom is 0.251 e. The highest BCUT2D eigenvalue weighted by Crippen LogP contribution is 2.26. The van der Waals surface area contributed by atoms with E-state index < -0.39 is 72.2 Å².